The Balaban J connectivity index is 2.33. The number of hydrogen-bond acceptors (Lipinski definition) is 2. The third-order valence-corrected chi connectivity index (χ3v) is 3.09. The van der Waals surface area contributed by atoms with Gasteiger partial charge in [0.2, 0.25) is 0 Å². The molecular weight excluding hydrogens is 188 g/mol. The van der Waals surface area contributed by atoms with Gasteiger partial charge < -0.3 is 9.53 Å². The molecule has 1 aliphatic carbocycles. The number of hydrogen-bond donors (Lipinski definition) is 0. The van der Waals surface area contributed by atoms with Crippen LogP contribution >= 0.6 is 0 Å². The zero-order valence-electron chi connectivity index (χ0n) is 9.08. The predicted molar refractivity (Wildman–Crippen MR) is 59.4 cm³/mol. The Kier molecular flexibility index (Phi) is 3.05. The third kappa shape index (κ3) is 1.89. The highest BCUT2D eigenvalue weighted by Gasteiger charge is 2.18. The Morgan fingerprint density at radius 2 is 2.13 bits per heavy atom. The maximum Gasteiger partial charge on any atom is 0.122 e. The molecule has 2 nitrogen and oxygen atoms in total. The van der Waals surface area contributed by atoms with Crippen LogP contribution in [0.4, 0.5) is 0 Å². The van der Waals surface area contributed by atoms with Gasteiger partial charge in [-0.05, 0) is 48.4 Å². The number of ether oxygens (including phenoxy) is 1. The van der Waals surface area contributed by atoms with Crippen LogP contribution in [0.5, 0.6) is 5.75 Å². The molecule has 1 aromatic carbocycles. The minimum atomic E-state index is 0.624. The molecule has 0 amide bonds. The number of methoxy groups -OCH3 is 1. The fourth-order valence-corrected chi connectivity index (χ4v) is 2.39. The second kappa shape index (κ2) is 4.47. The molecule has 0 bridgehead atoms. The van der Waals surface area contributed by atoms with Gasteiger partial charge in [-0.2, -0.15) is 0 Å². The highest BCUT2D eigenvalue weighted by Crippen LogP contribution is 2.33. The van der Waals surface area contributed by atoms with Crippen molar-refractivity contribution in [3.63, 3.8) is 0 Å². The van der Waals surface area contributed by atoms with Crippen molar-refractivity contribution in [1.29, 1.82) is 0 Å². The molecule has 2 heteroatoms. The molecule has 1 aromatic rings. The van der Waals surface area contributed by atoms with Crippen LogP contribution in [-0.4, -0.2) is 13.4 Å². The number of fused-ring (bicyclic) bond motifs is 1. The predicted octanol–water partition coefficient (Wildman–Crippen LogP) is 2.32. The van der Waals surface area contributed by atoms with Crippen LogP contribution in [0.3, 0.4) is 0 Å². The number of carbonyl (C=O) groups excluding carboxylic acids is 1. The first kappa shape index (κ1) is 10.2. The number of aryl methyl sites for hydroxylation is 1. The van der Waals surface area contributed by atoms with Crippen molar-refractivity contribution in [1.82, 2.24) is 0 Å². The lowest BCUT2D eigenvalue weighted by molar-refractivity contribution is -0.107. The second-order valence-electron chi connectivity index (χ2n) is 3.94. The van der Waals surface area contributed by atoms with E-state index in [1.54, 1.807) is 7.11 Å². The molecule has 0 heterocycles. The number of aldehydes is 1. The lowest BCUT2D eigenvalue weighted by atomic mass is 9.99. The van der Waals surface area contributed by atoms with Crippen LogP contribution in [0.1, 0.15) is 29.5 Å². The van der Waals surface area contributed by atoms with Crippen molar-refractivity contribution >= 4 is 6.29 Å². The summed E-state index contributed by atoms with van der Waals surface area (Å²) >= 11 is 0. The minimum Gasteiger partial charge on any atom is -0.496 e. The molecule has 0 atom stereocenters. The van der Waals surface area contributed by atoms with Gasteiger partial charge in [-0.3, -0.25) is 0 Å². The Morgan fingerprint density at radius 3 is 2.87 bits per heavy atom. The van der Waals surface area contributed by atoms with Crippen LogP contribution in [0, 0.1) is 0 Å². The zero-order chi connectivity index (χ0) is 10.7. The standard InChI is InChI=1S/C13H16O2/c1-15-13-8-7-10(4-3-9-14)11-5-2-6-12(11)13/h7-9H,2-6H2,1H3. The van der Waals surface area contributed by atoms with E-state index >= 15 is 0 Å². The first-order valence-corrected chi connectivity index (χ1v) is 5.48. The smallest absolute Gasteiger partial charge is 0.122 e. The van der Waals surface area contributed by atoms with E-state index in [0.717, 1.165) is 31.3 Å². The molecule has 0 unspecified atom stereocenters. The molecule has 0 saturated heterocycles. The van der Waals surface area contributed by atoms with Gasteiger partial charge in [0.25, 0.3) is 0 Å². The second-order valence-corrected chi connectivity index (χ2v) is 3.94. The third-order valence-electron chi connectivity index (χ3n) is 3.09. The summed E-state index contributed by atoms with van der Waals surface area (Å²) in [5.74, 6) is 1.01. The van der Waals surface area contributed by atoms with E-state index in [4.69, 9.17) is 4.74 Å². The quantitative estimate of drug-likeness (QED) is 0.703. The summed E-state index contributed by atoms with van der Waals surface area (Å²) in [4.78, 5) is 10.4. The van der Waals surface area contributed by atoms with Crippen molar-refractivity contribution in [3.05, 3.63) is 28.8 Å². The van der Waals surface area contributed by atoms with Crippen LogP contribution < -0.4 is 4.74 Å². The Bertz CT molecular complexity index is 369. The van der Waals surface area contributed by atoms with Crippen LogP contribution in [0.25, 0.3) is 0 Å². The van der Waals surface area contributed by atoms with E-state index in [0.29, 0.717) is 6.42 Å². The summed E-state index contributed by atoms with van der Waals surface area (Å²) in [5, 5.41) is 0. The number of rotatable bonds is 4. The van der Waals surface area contributed by atoms with Crippen LogP contribution in [-0.2, 0) is 24.1 Å². The van der Waals surface area contributed by atoms with Gasteiger partial charge in [-0.25, -0.2) is 0 Å². The highest BCUT2D eigenvalue weighted by atomic mass is 16.5. The lowest BCUT2D eigenvalue weighted by Crippen LogP contribution is -1.97. The van der Waals surface area contributed by atoms with E-state index in [1.807, 2.05) is 6.07 Å². The summed E-state index contributed by atoms with van der Waals surface area (Å²) in [7, 11) is 1.72. The average molecular weight is 204 g/mol. The largest absolute Gasteiger partial charge is 0.496 e. The molecule has 15 heavy (non-hydrogen) atoms. The van der Waals surface area contributed by atoms with Gasteiger partial charge in [-0.15, -0.1) is 0 Å². The molecule has 0 aromatic heterocycles. The monoisotopic (exact) mass is 204 g/mol. The zero-order valence-corrected chi connectivity index (χ0v) is 9.08. The maximum absolute atomic E-state index is 10.4. The topological polar surface area (TPSA) is 26.3 Å². The molecule has 80 valence electrons. The summed E-state index contributed by atoms with van der Waals surface area (Å²) in [6.07, 6.45) is 5.96. The maximum atomic E-state index is 10.4. The van der Waals surface area contributed by atoms with E-state index in [2.05, 4.69) is 6.07 Å². The summed E-state index contributed by atoms with van der Waals surface area (Å²) in [5.41, 5.74) is 4.12. The van der Waals surface area contributed by atoms with Crippen molar-refractivity contribution in [2.24, 2.45) is 0 Å². The number of carbonyl (C=O) groups is 1. The normalized spacial score (nSPS) is 13.7. The Labute approximate surface area is 90.3 Å². The summed E-state index contributed by atoms with van der Waals surface area (Å²) in [6, 6.07) is 4.14. The van der Waals surface area contributed by atoms with Gasteiger partial charge in [0.05, 0.1) is 7.11 Å². The first-order valence-electron chi connectivity index (χ1n) is 5.48. The summed E-state index contributed by atoms with van der Waals surface area (Å²) in [6.45, 7) is 0. The van der Waals surface area contributed by atoms with Gasteiger partial charge in [-0.1, -0.05) is 6.07 Å². The van der Waals surface area contributed by atoms with Crippen molar-refractivity contribution in [2.45, 2.75) is 32.1 Å². The fraction of sp³-hybridized carbons (Fsp3) is 0.462. The van der Waals surface area contributed by atoms with E-state index in [-0.39, 0.29) is 0 Å². The highest BCUT2D eigenvalue weighted by molar-refractivity contribution is 5.52. The molecular formula is C13H16O2. The van der Waals surface area contributed by atoms with E-state index < -0.39 is 0 Å². The van der Waals surface area contributed by atoms with Gasteiger partial charge in [0.1, 0.15) is 12.0 Å². The van der Waals surface area contributed by atoms with Crippen LogP contribution in [0.15, 0.2) is 12.1 Å². The van der Waals surface area contributed by atoms with E-state index in [9.17, 15) is 4.79 Å². The Hall–Kier alpha value is -1.31. The molecule has 0 aliphatic heterocycles. The van der Waals surface area contributed by atoms with Gasteiger partial charge in [0, 0.05) is 6.42 Å². The molecule has 0 saturated carbocycles. The van der Waals surface area contributed by atoms with Crippen LogP contribution in [0.2, 0.25) is 0 Å². The Morgan fingerprint density at radius 1 is 1.33 bits per heavy atom. The molecule has 0 radical (unpaired) electrons. The van der Waals surface area contributed by atoms with E-state index in [1.165, 1.54) is 23.1 Å². The van der Waals surface area contributed by atoms with Gasteiger partial charge in [0.15, 0.2) is 0 Å². The van der Waals surface area contributed by atoms with Crippen molar-refractivity contribution in [3.8, 4) is 5.75 Å². The molecule has 1 aliphatic rings. The minimum absolute atomic E-state index is 0.624. The molecule has 0 fully saturated rings. The lowest BCUT2D eigenvalue weighted by Gasteiger charge is -2.11. The number of benzene rings is 1. The molecule has 0 N–H and O–H groups in total. The first-order chi connectivity index (χ1) is 7.36. The fourth-order valence-electron chi connectivity index (χ4n) is 2.39. The average Bonchev–Trinajstić information content (AvgIpc) is 2.74. The summed E-state index contributed by atoms with van der Waals surface area (Å²) < 4.78 is 5.35. The molecule has 2 rings (SSSR count). The van der Waals surface area contributed by atoms with Crippen molar-refractivity contribution < 1.29 is 9.53 Å². The molecule has 0 spiro atoms. The van der Waals surface area contributed by atoms with Gasteiger partial charge >= 0.3 is 0 Å². The SMILES string of the molecule is COc1ccc(CCC=O)c2c1CCC2. The van der Waals surface area contributed by atoms with Crippen molar-refractivity contribution in [2.75, 3.05) is 7.11 Å².